The van der Waals surface area contributed by atoms with E-state index in [1.54, 1.807) is 0 Å². The second-order valence-corrected chi connectivity index (χ2v) is 6.66. The van der Waals surface area contributed by atoms with E-state index in [0.29, 0.717) is 5.92 Å². The van der Waals surface area contributed by atoms with Crippen molar-refractivity contribution in [3.63, 3.8) is 0 Å². The Morgan fingerprint density at radius 1 is 1.43 bits per heavy atom. The Morgan fingerprint density at radius 2 is 2.14 bits per heavy atom. The van der Waals surface area contributed by atoms with Gasteiger partial charge in [0.1, 0.15) is 5.52 Å². The molecule has 0 aliphatic heterocycles. The van der Waals surface area contributed by atoms with Gasteiger partial charge < -0.3 is 9.67 Å². The van der Waals surface area contributed by atoms with Crippen molar-refractivity contribution in [2.45, 2.75) is 44.3 Å². The molecule has 0 unspecified atom stereocenters. The number of rotatable bonds is 5. The number of aryl methyl sites for hydroxylation is 2. The van der Waals surface area contributed by atoms with Crippen molar-refractivity contribution in [3.8, 4) is 0 Å². The van der Waals surface area contributed by atoms with Crippen molar-refractivity contribution in [3.05, 3.63) is 5.69 Å². The predicted octanol–water partition coefficient (Wildman–Crippen LogP) is 2.45. The molecule has 0 aromatic carbocycles. The fraction of sp³-hybridized carbons (Fsp3) is 0.643. The summed E-state index contributed by atoms with van der Waals surface area (Å²) in [5, 5.41) is 14.1. The molecular formula is C14H20N4O2S. The van der Waals surface area contributed by atoms with Gasteiger partial charge in [-0.15, -0.1) is 0 Å². The fourth-order valence-electron chi connectivity index (χ4n) is 3.17. The summed E-state index contributed by atoms with van der Waals surface area (Å²) in [6, 6.07) is 0. The number of hydrogen-bond donors (Lipinski definition) is 1. The second-order valence-electron chi connectivity index (χ2n) is 5.72. The number of aromatic nitrogens is 4. The molecule has 1 fully saturated rings. The van der Waals surface area contributed by atoms with Crippen LogP contribution in [-0.4, -0.2) is 36.2 Å². The topological polar surface area (TPSA) is 72.9 Å². The third-order valence-electron chi connectivity index (χ3n) is 4.10. The molecule has 7 heteroatoms. The number of carboxylic acids is 1. The number of aliphatic carboxylic acids is 1. The Balaban J connectivity index is 1.98. The van der Waals surface area contributed by atoms with E-state index in [-0.39, 0.29) is 5.75 Å². The van der Waals surface area contributed by atoms with Crippen LogP contribution in [0.3, 0.4) is 0 Å². The Bertz CT molecular complexity index is 670. The smallest absolute Gasteiger partial charge is 0.313 e. The van der Waals surface area contributed by atoms with E-state index in [1.807, 2.05) is 18.7 Å². The molecule has 1 aliphatic rings. The lowest BCUT2D eigenvalue weighted by Gasteiger charge is -2.13. The molecule has 2 aromatic heterocycles. The van der Waals surface area contributed by atoms with Crippen molar-refractivity contribution in [1.82, 2.24) is 19.3 Å². The number of carboxylic acid groups (broad SMARTS) is 1. The molecule has 1 saturated carbocycles. The van der Waals surface area contributed by atoms with Crippen molar-refractivity contribution in [1.29, 1.82) is 0 Å². The first-order valence-corrected chi connectivity index (χ1v) is 8.29. The monoisotopic (exact) mass is 308 g/mol. The van der Waals surface area contributed by atoms with Gasteiger partial charge in [-0.25, -0.2) is 4.98 Å². The minimum atomic E-state index is -0.811. The van der Waals surface area contributed by atoms with Crippen LogP contribution in [0.1, 0.15) is 31.4 Å². The molecule has 21 heavy (non-hydrogen) atoms. The van der Waals surface area contributed by atoms with Gasteiger partial charge >= 0.3 is 5.97 Å². The SMILES string of the molecule is Cc1nn(C)c2c1nc(SCC(=O)O)n2CC1CCCC1. The van der Waals surface area contributed by atoms with Gasteiger partial charge in [0.05, 0.1) is 11.4 Å². The largest absolute Gasteiger partial charge is 0.481 e. The zero-order valence-corrected chi connectivity index (χ0v) is 13.2. The highest BCUT2D eigenvalue weighted by molar-refractivity contribution is 7.99. The average molecular weight is 308 g/mol. The lowest BCUT2D eigenvalue weighted by atomic mass is 10.1. The molecular weight excluding hydrogens is 288 g/mol. The minimum Gasteiger partial charge on any atom is -0.481 e. The van der Waals surface area contributed by atoms with E-state index in [4.69, 9.17) is 5.11 Å². The van der Waals surface area contributed by atoms with Gasteiger partial charge in [-0.1, -0.05) is 24.6 Å². The molecule has 0 bridgehead atoms. The van der Waals surface area contributed by atoms with Crippen LogP contribution in [0.15, 0.2) is 5.16 Å². The molecule has 0 saturated heterocycles. The van der Waals surface area contributed by atoms with Crippen LogP contribution in [0.4, 0.5) is 0 Å². The van der Waals surface area contributed by atoms with Crippen molar-refractivity contribution in [2.24, 2.45) is 13.0 Å². The van der Waals surface area contributed by atoms with Gasteiger partial charge in [0, 0.05) is 13.6 Å². The zero-order valence-electron chi connectivity index (χ0n) is 12.4. The second kappa shape index (κ2) is 5.71. The van der Waals surface area contributed by atoms with E-state index in [1.165, 1.54) is 37.4 Å². The minimum absolute atomic E-state index is 0.0421. The quantitative estimate of drug-likeness (QED) is 0.859. The first-order chi connectivity index (χ1) is 10.1. The third-order valence-corrected chi connectivity index (χ3v) is 5.06. The molecule has 6 nitrogen and oxygen atoms in total. The number of imidazole rings is 1. The van der Waals surface area contributed by atoms with Crippen LogP contribution in [0.5, 0.6) is 0 Å². The van der Waals surface area contributed by atoms with E-state index in [0.717, 1.165) is 28.6 Å². The van der Waals surface area contributed by atoms with E-state index < -0.39 is 5.97 Å². The average Bonchev–Trinajstić information content (AvgIpc) is 3.09. The highest BCUT2D eigenvalue weighted by atomic mass is 32.2. The highest BCUT2D eigenvalue weighted by Crippen LogP contribution is 2.31. The third kappa shape index (κ3) is 2.79. The van der Waals surface area contributed by atoms with Crippen LogP contribution < -0.4 is 0 Å². The van der Waals surface area contributed by atoms with Crippen molar-refractivity contribution in [2.75, 3.05) is 5.75 Å². The van der Waals surface area contributed by atoms with Crippen LogP contribution in [0, 0.1) is 12.8 Å². The van der Waals surface area contributed by atoms with E-state index in [2.05, 4.69) is 14.6 Å². The van der Waals surface area contributed by atoms with Gasteiger partial charge in [-0.05, 0) is 25.7 Å². The van der Waals surface area contributed by atoms with Crippen LogP contribution in [0.2, 0.25) is 0 Å². The summed E-state index contributed by atoms with van der Waals surface area (Å²) in [6.45, 7) is 2.86. The summed E-state index contributed by atoms with van der Waals surface area (Å²) in [5.74, 6) is -0.100. The Hall–Kier alpha value is -1.50. The van der Waals surface area contributed by atoms with Crippen LogP contribution in [-0.2, 0) is 18.4 Å². The van der Waals surface area contributed by atoms with Gasteiger partial charge in [0.2, 0.25) is 0 Å². The molecule has 1 aliphatic carbocycles. The van der Waals surface area contributed by atoms with E-state index in [9.17, 15) is 4.79 Å². The lowest BCUT2D eigenvalue weighted by molar-refractivity contribution is -0.133. The van der Waals surface area contributed by atoms with Gasteiger partial charge in [-0.2, -0.15) is 5.10 Å². The Kier molecular flexibility index (Phi) is 3.93. The van der Waals surface area contributed by atoms with E-state index >= 15 is 0 Å². The maximum atomic E-state index is 10.8. The first kappa shape index (κ1) is 14.4. The lowest BCUT2D eigenvalue weighted by Crippen LogP contribution is -2.11. The number of nitrogens with zero attached hydrogens (tertiary/aromatic N) is 4. The maximum absolute atomic E-state index is 10.8. The molecule has 0 atom stereocenters. The first-order valence-electron chi connectivity index (χ1n) is 7.30. The molecule has 114 valence electrons. The standard InChI is InChI=1S/C14H20N4O2S/c1-9-12-13(17(2)16-9)18(7-10-5-3-4-6-10)14(15-12)21-8-11(19)20/h10H,3-8H2,1-2H3,(H,19,20). The molecule has 2 heterocycles. The summed E-state index contributed by atoms with van der Waals surface area (Å²) in [6.07, 6.45) is 5.09. The van der Waals surface area contributed by atoms with Gasteiger partial charge in [0.15, 0.2) is 10.8 Å². The molecule has 0 amide bonds. The van der Waals surface area contributed by atoms with Crippen LogP contribution in [0.25, 0.3) is 11.2 Å². The normalized spacial score (nSPS) is 16.1. The maximum Gasteiger partial charge on any atom is 0.313 e. The number of carbonyl (C=O) groups is 1. The fourth-order valence-corrected chi connectivity index (χ4v) is 3.89. The number of fused-ring (bicyclic) bond motifs is 1. The summed E-state index contributed by atoms with van der Waals surface area (Å²) in [7, 11) is 1.92. The molecule has 0 radical (unpaired) electrons. The van der Waals surface area contributed by atoms with Crippen molar-refractivity contribution >= 4 is 28.9 Å². The Morgan fingerprint density at radius 3 is 2.81 bits per heavy atom. The molecule has 3 rings (SSSR count). The summed E-state index contributed by atoms with van der Waals surface area (Å²) < 4.78 is 4.02. The van der Waals surface area contributed by atoms with Gasteiger partial charge in [-0.3, -0.25) is 9.48 Å². The Labute approximate surface area is 127 Å². The predicted molar refractivity (Wildman–Crippen MR) is 81.6 cm³/mol. The van der Waals surface area contributed by atoms with Crippen LogP contribution >= 0.6 is 11.8 Å². The zero-order chi connectivity index (χ0) is 15.0. The van der Waals surface area contributed by atoms with Gasteiger partial charge in [0.25, 0.3) is 0 Å². The molecule has 0 spiro atoms. The summed E-state index contributed by atoms with van der Waals surface area (Å²) in [5.41, 5.74) is 2.80. The molecule has 1 N–H and O–H groups in total. The van der Waals surface area contributed by atoms with Crippen molar-refractivity contribution < 1.29 is 9.90 Å². The summed E-state index contributed by atoms with van der Waals surface area (Å²) >= 11 is 1.30. The highest BCUT2D eigenvalue weighted by Gasteiger charge is 2.22. The number of thioether (sulfide) groups is 1. The number of hydrogen-bond acceptors (Lipinski definition) is 4. The molecule has 2 aromatic rings. The summed E-state index contributed by atoms with van der Waals surface area (Å²) in [4.78, 5) is 15.5.